The summed E-state index contributed by atoms with van der Waals surface area (Å²) in [5.74, 6) is 0.146. The summed E-state index contributed by atoms with van der Waals surface area (Å²) < 4.78 is 37.4. The highest BCUT2D eigenvalue weighted by Gasteiger charge is 2.29. The van der Waals surface area contributed by atoms with Gasteiger partial charge in [-0.15, -0.1) is 0 Å². The quantitative estimate of drug-likeness (QED) is 0.00987. The number of aromatic amines is 2. The van der Waals surface area contributed by atoms with Crippen molar-refractivity contribution in [2.75, 3.05) is 26.3 Å². The number of nitrogens with zero attached hydrogens (tertiary/aromatic N) is 3. The maximum atomic E-state index is 11.8. The van der Waals surface area contributed by atoms with Gasteiger partial charge in [-0.05, 0) is 276 Å². The number of carbonyl (C=O) groups excluding carboxylic acids is 10. The summed E-state index contributed by atoms with van der Waals surface area (Å²) in [7, 11) is 0. The van der Waals surface area contributed by atoms with E-state index in [9.17, 15) is 53.1 Å². The molecule has 26 heteroatoms. The van der Waals surface area contributed by atoms with Crippen LogP contribution in [-0.2, 0) is 33.4 Å². The van der Waals surface area contributed by atoms with E-state index >= 15 is 0 Å². The summed E-state index contributed by atoms with van der Waals surface area (Å²) in [5.41, 5.74) is 5.92. The first-order valence-corrected chi connectivity index (χ1v) is 37.3. The van der Waals surface area contributed by atoms with Crippen molar-refractivity contribution < 1.29 is 91.3 Å². The minimum atomic E-state index is -0.963. The molecule has 24 nitrogen and oxygen atoms in total. The van der Waals surface area contributed by atoms with Crippen molar-refractivity contribution in [1.29, 1.82) is 0 Å². The molecule has 6 fully saturated rings. The lowest BCUT2D eigenvalue weighted by Gasteiger charge is -2.32. The fourth-order valence-electron chi connectivity index (χ4n) is 8.77. The second-order valence-electron chi connectivity index (χ2n) is 26.5. The van der Waals surface area contributed by atoms with Gasteiger partial charge in [0.1, 0.15) is 51.4 Å². The first-order chi connectivity index (χ1) is 50.4. The largest absolute Gasteiger partial charge is 0.508 e. The maximum absolute atomic E-state index is 11.8. The number of aliphatic hydroxyl groups excluding tert-OH is 1. The summed E-state index contributed by atoms with van der Waals surface area (Å²) in [6, 6.07) is 37.5. The molecule has 2 aromatic heterocycles. The number of aliphatic hydroxyl groups is 1. The van der Waals surface area contributed by atoms with Crippen LogP contribution in [0.4, 0.5) is 4.79 Å². The third-order valence-corrected chi connectivity index (χ3v) is 17.2. The fraction of sp³-hybridized carbons (Fsp3) is 0.425. The number of hydrogen-bond acceptors (Lipinski definition) is 21. The summed E-state index contributed by atoms with van der Waals surface area (Å²) in [5, 5.41) is 32.1. The molecule has 106 heavy (non-hydrogen) atoms. The van der Waals surface area contributed by atoms with Crippen molar-refractivity contribution in [3.05, 3.63) is 159 Å². The Balaban J connectivity index is 0.000000195. The smallest absolute Gasteiger partial charge is 0.410 e. The van der Waals surface area contributed by atoms with Crippen LogP contribution < -0.4 is 18.9 Å². The van der Waals surface area contributed by atoms with Crippen LogP contribution >= 0.6 is 38.5 Å². The molecule has 0 radical (unpaired) electrons. The highest BCUT2D eigenvalue weighted by molar-refractivity contribution is 14.1. The van der Waals surface area contributed by atoms with Crippen molar-refractivity contribution >= 4 is 97.0 Å². The Bertz CT molecular complexity index is 4040. The molecule has 1 atom stereocenters. The number of nitrogens with one attached hydrogen (secondary N) is 2. The number of likely N-dealkylation sites (tertiary alicyclic amines) is 1. The lowest BCUT2D eigenvalue weighted by molar-refractivity contribution is -0.153. The normalized spacial score (nSPS) is 15.1. The summed E-state index contributed by atoms with van der Waals surface area (Å²) in [6.45, 7) is 17.5. The summed E-state index contributed by atoms with van der Waals surface area (Å²) >= 11 is 5.53. The van der Waals surface area contributed by atoms with Crippen LogP contribution in [0.5, 0.6) is 28.7 Å². The molecule has 13 rings (SSSR count). The maximum Gasteiger partial charge on any atom is 0.410 e. The number of carbonyl (C=O) groups is 10. The number of ketones is 7. The average Bonchev–Trinajstić information content (AvgIpc) is 1.69. The summed E-state index contributed by atoms with van der Waals surface area (Å²) in [4.78, 5) is 113. The van der Waals surface area contributed by atoms with E-state index in [0.717, 1.165) is 118 Å². The van der Waals surface area contributed by atoms with Gasteiger partial charge in [0.05, 0.1) is 59.4 Å². The molecule has 7 aromatic rings. The average molecular weight is 1640 g/mol. The van der Waals surface area contributed by atoms with Gasteiger partial charge in [0.2, 0.25) is 11.6 Å². The van der Waals surface area contributed by atoms with Crippen LogP contribution in [-0.4, -0.2) is 161 Å². The van der Waals surface area contributed by atoms with Crippen LogP contribution in [0.2, 0.25) is 0 Å². The highest BCUT2D eigenvalue weighted by atomic mass is 127. The zero-order valence-electron chi connectivity index (χ0n) is 61.5. The van der Waals surface area contributed by atoms with Gasteiger partial charge in [0.25, 0.3) is 0 Å². The number of Topliss-reactive ketones (excluding diaryl/α,β-unsaturated/α-hetero) is 7. The molecule has 1 saturated heterocycles. The lowest BCUT2D eigenvalue weighted by atomic mass is 10.1. The molecule has 568 valence electrons. The van der Waals surface area contributed by atoms with E-state index in [1.807, 2.05) is 81.4 Å². The van der Waals surface area contributed by atoms with E-state index in [1.54, 1.807) is 80.3 Å². The number of phenols is 1. The second kappa shape index (κ2) is 42.7. The first-order valence-electron chi connectivity index (χ1n) is 35.3. The van der Waals surface area contributed by atoms with E-state index in [2.05, 4.69) is 68.4 Å². The van der Waals surface area contributed by atoms with Gasteiger partial charge in [-0.2, -0.15) is 10.2 Å². The minimum absolute atomic E-state index is 0.00293. The molecule has 6 aliphatic rings. The Morgan fingerprint density at radius 2 is 0.953 bits per heavy atom. The van der Waals surface area contributed by atoms with Crippen LogP contribution in [0.3, 0.4) is 0 Å². The lowest BCUT2D eigenvalue weighted by Crippen LogP contribution is -2.44. The van der Waals surface area contributed by atoms with Gasteiger partial charge in [-0.3, -0.25) is 43.8 Å². The molecule has 1 aliphatic heterocycles. The fourth-order valence-corrected chi connectivity index (χ4v) is 9.97. The number of ether oxygens (including phenoxy) is 7. The molecule has 5 aromatic carbocycles. The number of hydrogen-bond donors (Lipinski definition) is 4. The third-order valence-electron chi connectivity index (χ3n) is 15.3. The molecule has 5 aliphatic carbocycles. The molecular formula is C80H95BrIN5O19. The number of H-pyrrole nitrogens is 2. The van der Waals surface area contributed by atoms with Crippen LogP contribution in [0.15, 0.2) is 127 Å². The van der Waals surface area contributed by atoms with Crippen molar-refractivity contribution in [3.63, 3.8) is 0 Å². The van der Waals surface area contributed by atoms with Gasteiger partial charge < -0.3 is 48.3 Å². The van der Waals surface area contributed by atoms with E-state index in [0.29, 0.717) is 65.8 Å². The molecule has 0 bridgehead atoms. The number of aromatic hydroxyl groups is 1. The summed E-state index contributed by atoms with van der Waals surface area (Å²) in [6.07, 6.45) is 13.8. The van der Waals surface area contributed by atoms with Gasteiger partial charge in [-0.1, -0.05) is 15.9 Å². The predicted octanol–water partition coefficient (Wildman–Crippen LogP) is 15.3. The Kier molecular flexibility index (Phi) is 34.4. The number of amides is 1. The molecule has 0 unspecified atom stereocenters. The topological polar surface area (TPSA) is 336 Å². The first kappa shape index (κ1) is 85.5. The number of phenolic OH excluding ortho intramolecular Hbond substituents is 1. The third kappa shape index (κ3) is 32.9. The van der Waals surface area contributed by atoms with Crippen molar-refractivity contribution in [3.8, 4) is 51.3 Å². The number of esters is 2. The molecule has 5 saturated carbocycles. The number of piperidine rings is 1. The number of halogens is 2. The van der Waals surface area contributed by atoms with E-state index in [1.165, 1.54) is 52.7 Å². The van der Waals surface area contributed by atoms with Crippen LogP contribution in [0, 0.1) is 3.57 Å². The van der Waals surface area contributed by atoms with Crippen molar-refractivity contribution in [2.45, 2.75) is 194 Å². The number of benzene rings is 5. The highest BCUT2D eigenvalue weighted by Crippen LogP contribution is 2.33. The molecule has 4 N–H and O–H groups in total. The standard InChI is InChI=1S/C15H16O5.C14H13IN2O2.C14H14N2O2.C11H12O2.C10H19NO3.C8H8O2.C5H8O3.C3H5Br/c1-2-19-15(18)14(17)9-13(16)10-3-5-11(6-4-10)20-12-7-8-12;1-8(18)13-12(15)14(17-16-13)9-2-4-10(5-3-9)19-11-6-7-11;1-9(17)13-8-14(16-15-13)10-2-4-11(5-3-10)18-12-6-7-12;1-8(12)9-2-4-10(5-3-9)13-11-6-7-11;1-10(2,3)14-9(13)11-6-4-5-8(12)7-11;1-6(9)7-2-4-8(10)5-3-7;1-3-8-5(7)4(2)6;4-3-1-2-3/h3-6,12H,2,7-9H2,1H3;2-5,11H,6-7H2,1H3,(H,16,17);2-5,8,12H,6-7H2,1H3,(H,15,16);2-5,11H,6-7H2,1H3;8,12H,4-7H2,1-3H3;2-5,10H,1H3;3H2,1-2H3;3H,1-2H2/t;;;;8-;;;/m....0.../s1. The van der Waals surface area contributed by atoms with E-state index < -0.39 is 47.4 Å². The SMILES string of the molecule is BrC1CC1.CC(=O)c1[nH]nc(-c2ccc(OC3CC3)cc2)c1I.CC(=O)c1cc(-c2ccc(OC3CC3)cc2)n[nH]1.CC(=O)c1ccc(O)cc1.CC(=O)c1ccc(OC2CC2)cc1.CC(C)(C)OC(=O)N1CCC[C@H](O)C1.CCOC(=O)C(=O)CC(=O)c1ccc(OC2CC2)cc1.CCOC(=O)C(C)=O. The Morgan fingerprint density at radius 3 is 1.30 bits per heavy atom. The number of rotatable bonds is 21. The van der Waals surface area contributed by atoms with Gasteiger partial charge in [0, 0.05) is 66.5 Å². The Hall–Kier alpha value is -9.41. The van der Waals surface area contributed by atoms with Gasteiger partial charge in [0.15, 0.2) is 28.9 Å². The molecular weight excluding hydrogens is 1540 g/mol. The van der Waals surface area contributed by atoms with Gasteiger partial charge >= 0.3 is 18.0 Å². The van der Waals surface area contributed by atoms with Gasteiger partial charge in [-0.25, -0.2) is 14.4 Å². The minimum Gasteiger partial charge on any atom is -0.508 e. The second-order valence-corrected chi connectivity index (χ2v) is 28.9. The van der Waals surface area contributed by atoms with Crippen LogP contribution in [0.25, 0.3) is 22.5 Å². The number of β-amino-alcohol motifs (C(OH)–C–C–N with tert-alkyl or cyclic N) is 1. The molecule has 0 spiro atoms. The van der Waals surface area contributed by atoms with E-state index in [-0.39, 0.29) is 48.2 Å². The number of aromatic nitrogens is 4. The Labute approximate surface area is 640 Å². The molecule has 1 amide bonds. The zero-order valence-corrected chi connectivity index (χ0v) is 65.3. The van der Waals surface area contributed by atoms with Crippen molar-refractivity contribution in [1.82, 2.24) is 25.3 Å². The van der Waals surface area contributed by atoms with Crippen LogP contribution in [0.1, 0.15) is 205 Å². The van der Waals surface area contributed by atoms with Crippen molar-refractivity contribution in [2.24, 2.45) is 0 Å². The number of alkyl halides is 1. The Morgan fingerprint density at radius 1 is 0.538 bits per heavy atom. The zero-order chi connectivity index (χ0) is 77.6. The van der Waals surface area contributed by atoms with E-state index in [4.69, 9.17) is 28.8 Å². The predicted molar refractivity (Wildman–Crippen MR) is 409 cm³/mol. The molecule has 3 heterocycles. The monoisotopic (exact) mass is 1640 g/mol.